The molecule has 190 valence electrons. The smallest absolute Gasteiger partial charge is 0.302 e. The topological polar surface area (TPSA) is 44.8 Å². The van der Waals surface area contributed by atoms with E-state index >= 15 is 0 Å². The molecule has 0 aromatic heterocycles. The van der Waals surface area contributed by atoms with E-state index in [2.05, 4.69) is 59.8 Å². The first kappa shape index (κ1) is 24.6. The average Bonchev–Trinajstić information content (AvgIpc) is 3.14. The van der Waals surface area contributed by atoms with Crippen LogP contribution in [-0.4, -0.2) is 23.3 Å². The van der Waals surface area contributed by atoms with Gasteiger partial charge in [-0.05, 0) is 79.6 Å². The summed E-state index contributed by atoms with van der Waals surface area (Å²) in [5.41, 5.74) is 1.08. The molecule has 0 radical (unpaired) electrons. The molecule has 4 nitrogen and oxygen atoms in total. The van der Waals surface area contributed by atoms with Gasteiger partial charge in [0.15, 0.2) is 0 Å². The maximum absolute atomic E-state index is 11.6. The van der Waals surface area contributed by atoms with Gasteiger partial charge in [0.1, 0.15) is 17.3 Å². The van der Waals surface area contributed by atoms with Gasteiger partial charge in [0.25, 0.3) is 0 Å². The third-order valence-corrected chi connectivity index (χ3v) is 11.3. The van der Waals surface area contributed by atoms with Crippen molar-refractivity contribution in [3.8, 4) is 0 Å². The molecule has 0 aromatic carbocycles. The van der Waals surface area contributed by atoms with E-state index in [9.17, 15) is 4.79 Å². The Balaban J connectivity index is 1.43. The summed E-state index contributed by atoms with van der Waals surface area (Å²) in [5.74, 6) is 2.86. The number of allylic oxidation sites excluding steroid dienone is 3. The number of ether oxygens (including phenoxy) is 1. The molecule has 3 saturated carbocycles. The second kappa shape index (κ2) is 8.20. The van der Waals surface area contributed by atoms with Crippen molar-refractivity contribution in [1.82, 2.24) is 0 Å². The molecule has 0 unspecified atom stereocenters. The van der Waals surface area contributed by atoms with Crippen molar-refractivity contribution in [2.75, 3.05) is 0 Å². The summed E-state index contributed by atoms with van der Waals surface area (Å²) in [5, 5.41) is 0. The first-order chi connectivity index (χ1) is 16.0. The van der Waals surface area contributed by atoms with E-state index in [0.717, 1.165) is 38.5 Å². The quantitative estimate of drug-likeness (QED) is 0.242. The van der Waals surface area contributed by atoms with Crippen LogP contribution in [0, 0.1) is 40.4 Å². The number of rotatable bonds is 5. The van der Waals surface area contributed by atoms with E-state index < -0.39 is 0 Å². The zero-order valence-corrected chi connectivity index (χ0v) is 22.5. The fourth-order valence-electron chi connectivity index (χ4n) is 8.90. The maximum Gasteiger partial charge on any atom is 0.302 e. The van der Waals surface area contributed by atoms with Gasteiger partial charge in [-0.2, -0.15) is 0 Å². The molecule has 0 N–H and O–H groups in total. The molecule has 2 aliphatic heterocycles. The Kier molecular flexibility index (Phi) is 5.92. The van der Waals surface area contributed by atoms with Crippen LogP contribution in [0.5, 0.6) is 0 Å². The summed E-state index contributed by atoms with van der Waals surface area (Å²) in [6.45, 7) is 15.8. The highest BCUT2D eigenvalue weighted by Crippen LogP contribution is 2.73. The van der Waals surface area contributed by atoms with Gasteiger partial charge in [0.2, 0.25) is 0 Å². The standard InChI is InChI=1S/C30H46O4/c1-19(2)20(3)8-9-21(4)24-10-11-25-27(24,6)14-13-26-28(7)15-12-23(32-22(5)31)18-29(28)16-17-30(25,26)34-33-29/h8-9,13,19-21,23-25H,10-12,14-18H2,1-7H3/b9-8+/t20-,21-,23-,24+,25-,27-,28-,29-,30+/m1/s1. The number of fused-ring (bicyclic) bond motifs is 3. The Labute approximate surface area is 206 Å². The van der Waals surface area contributed by atoms with Crippen LogP contribution in [0.2, 0.25) is 0 Å². The van der Waals surface area contributed by atoms with Crippen LogP contribution >= 0.6 is 0 Å². The average molecular weight is 471 g/mol. The van der Waals surface area contributed by atoms with Crippen LogP contribution in [0.3, 0.4) is 0 Å². The Hall–Kier alpha value is -1.13. The normalized spacial score (nSPS) is 47.1. The summed E-state index contributed by atoms with van der Waals surface area (Å²) < 4.78 is 5.64. The SMILES string of the molecule is CC(=O)O[C@@H]1CC[C@]2(C)C3=CC[C@@]4(C)[C@@H](CC[C@H]4[C@H](C)/C=C/[C@@H](C)C(C)C)[C@@]34CC[C@]2(C1)OO4. The Morgan fingerprint density at radius 2 is 1.82 bits per heavy atom. The molecule has 5 fully saturated rings. The molecule has 2 bridgehead atoms. The highest BCUT2D eigenvalue weighted by Gasteiger charge is 2.73. The van der Waals surface area contributed by atoms with Crippen LogP contribution in [0.25, 0.3) is 0 Å². The molecule has 4 aliphatic carbocycles. The van der Waals surface area contributed by atoms with Crippen molar-refractivity contribution in [1.29, 1.82) is 0 Å². The summed E-state index contributed by atoms with van der Waals surface area (Å²) in [6.07, 6.45) is 15.8. The maximum atomic E-state index is 11.6. The highest BCUT2D eigenvalue weighted by molar-refractivity contribution is 5.66. The van der Waals surface area contributed by atoms with Crippen LogP contribution in [0.1, 0.15) is 99.8 Å². The lowest BCUT2D eigenvalue weighted by molar-refractivity contribution is -0.494. The third kappa shape index (κ3) is 3.34. The fraction of sp³-hybridized carbons (Fsp3) is 0.833. The molecule has 34 heavy (non-hydrogen) atoms. The molecule has 2 saturated heterocycles. The second-order valence-corrected chi connectivity index (χ2v) is 13.3. The van der Waals surface area contributed by atoms with Crippen LogP contribution in [0.15, 0.2) is 23.8 Å². The van der Waals surface area contributed by atoms with Crippen molar-refractivity contribution in [2.45, 2.75) is 117 Å². The van der Waals surface area contributed by atoms with Crippen LogP contribution < -0.4 is 0 Å². The zero-order valence-electron chi connectivity index (χ0n) is 22.5. The summed E-state index contributed by atoms with van der Waals surface area (Å²) in [6, 6.07) is 0. The molecule has 2 heterocycles. The van der Waals surface area contributed by atoms with Gasteiger partial charge in [0.05, 0.1) is 0 Å². The van der Waals surface area contributed by atoms with Crippen molar-refractivity contribution in [2.24, 2.45) is 40.4 Å². The van der Waals surface area contributed by atoms with Gasteiger partial charge in [-0.1, -0.05) is 59.8 Å². The van der Waals surface area contributed by atoms with E-state index in [0.29, 0.717) is 29.6 Å². The lowest BCUT2D eigenvalue weighted by Gasteiger charge is -2.69. The summed E-state index contributed by atoms with van der Waals surface area (Å²) in [4.78, 5) is 24.6. The minimum atomic E-state index is -0.367. The van der Waals surface area contributed by atoms with Gasteiger partial charge in [-0.3, -0.25) is 4.79 Å². The Morgan fingerprint density at radius 3 is 2.47 bits per heavy atom. The van der Waals surface area contributed by atoms with E-state index in [1.807, 2.05) is 0 Å². The van der Waals surface area contributed by atoms with Crippen molar-refractivity contribution in [3.63, 3.8) is 0 Å². The molecule has 0 aromatic rings. The van der Waals surface area contributed by atoms with E-state index in [-0.39, 0.29) is 34.1 Å². The van der Waals surface area contributed by atoms with Crippen molar-refractivity contribution < 1.29 is 19.3 Å². The number of esters is 1. The number of carbonyl (C=O) groups is 1. The Bertz CT molecular complexity index is 878. The van der Waals surface area contributed by atoms with Gasteiger partial charge < -0.3 is 4.74 Å². The Morgan fingerprint density at radius 1 is 1.06 bits per heavy atom. The molecule has 4 heteroatoms. The highest BCUT2D eigenvalue weighted by atomic mass is 17.2. The molecular formula is C30H46O4. The molecule has 6 aliphatic rings. The van der Waals surface area contributed by atoms with Gasteiger partial charge in [0, 0.05) is 24.7 Å². The van der Waals surface area contributed by atoms with Crippen molar-refractivity contribution in [3.05, 3.63) is 23.8 Å². The largest absolute Gasteiger partial charge is 0.462 e. The summed E-state index contributed by atoms with van der Waals surface area (Å²) >= 11 is 0. The van der Waals surface area contributed by atoms with Gasteiger partial charge in [-0.15, -0.1) is 0 Å². The van der Waals surface area contributed by atoms with E-state index in [1.165, 1.54) is 25.3 Å². The van der Waals surface area contributed by atoms with Gasteiger partial charge in [-0.25, -0.2) is 9.78 Å². The number of carbonyl (C=O) groups excluding carboxylic acids is 1. The molecule has 0 amide bonds. The summed E-state index contributed by atoms with van der Waals surface area (Å²) in [7, 11) is 0. The minimum Gasteiger partial charge on any atom is -0.462 e. The predicted octanol–water partition coefficient (Wildman–Crippen LogP) is 7.19. The van der Waals surface area contributed by atoms with E-state index in [1.54, 1.807) is 0 Å². The molecule has 6 rings (SSSR count). The lowest BCUT2D eigenvalue weighted by atomic mass is 9.44. The molecule has 2 spiro atoms. The first-order valence-electron chi connectivity index (χ1n) is 13.9. The van der Waals surface area contributed by atoms with E-state index in [4.69, 9.17) is 14.5 Å². The van der Waals surface area contributed by atoms with Crippen molar-refractivity contribution >= 4 is 5.97 Å². The molecular weight excluding hydrogens is 424 g/mol. The lowest BCUT2D eigenvalue weighted by Crippen LogP contribution is -2.71. The second-order valence-electron chi connectivity index (χ2n) is 13.3. The third-order valence-electron chi connectivity index (χ3n) is 11.3. The number of hydrogen-bond acceptors (Lipinski definition) is 4. The molecule has 9 atom stereocenters. The number of hydrogen-bond donors (Lipinski definition) is 0. The zero-order chi connectivity index (χ0) is 24.5. The van der Waals surface area contributed by atoms with Gasteiger partial charge >= 0.3 is 5.97 Å². The van der Waals surface area contributed by atoms with Crippen LogP contribution in [0.4, 0.5) is 0 Å². The van der Waals surface area contributed by atoms with Crippen LogP contribution in [-0.2, 0) is 19.3 Å². The monoisotopic (exact) mass is 470 g/mol. The fourth-order valence-corrected chi connectivity index (χ4v) is 8.90. The minimum absolute atomic E-state index is 0.0300. The predicted molar refractivity (Wildman–Crippen MR) is 134 cm³/mol. The first-order valence-corrected chi connectivity index (χ1v) is 13.9.